The zero-order valence-corrected chi connectivity index (χ0v) is 17.0. The molecule has 3 rings (SSSR count). The van der Waals surface area contributed by atoms with E-state index in [9.17, 15) is 9.59 Å². The van der Waals surface area contributed by atoms with Crippen LogP contribution in [0.4, 0.5) is 5.69 Å². The highest BCUT2D eigenvalue weighted by Gasteiger charge is 2.23. The minimum absolute atomic E-state index is 0.0813. The number of hydrogen-bond acceptors (Lipinski definition) is 4. The standard InChI is InChI=1S/C19H22BrN3O2S/c1-2-23(11-16-8-9-17(20)26-16)12-18(24)21-15-5-3-4-13(10-15)19(25)22-14-6-7-14/h3-5,8-10,14H,2,6-7,11-12H2,1H3,(H,21,24)(H,22,25). The van der Waals surface area contributed by atoms with Gasteiger partial charge in [0.15, 0.2) is 0 Å². The van der Waals surface area contributed by atoms with Crippen molar-refractivity contribution in [2.45, 2.75) is 32.4 Å². The number of carbonyl (C=O) groups excluding carboxylic acids is 2. The average Bonchev–Trinajstić information content (AvgIpc) is 3.34. The molecule has 2 amide bonds. The van der Waals surface area contributed by atoms with Gasteiger partial charge in [0, 0.05) is 28.7 Å². The third-order valence-electron chi connectivity index (χ3n) is 4.14. The smallest absolute Gasteiger partial charge is 0.251 e. The maximum Gasteiger partial charge on any atom is 0.251 e. The zero-order chi connectivity index (χ0) is 18.5. The molecule has 0 spiro atoms. The summed E-state index contributed by atoms with van der Waals surface area (Å²) in [5.41, 5.74) is 1.22. The van der Waals surface area contributed by atoms with Crippen molar-refractivity contribution in [3.8, 4) is 0 Å². The fourth-order valence-electron chi connectivity index (χ4n) is 2.57. The molecule has 0 aliphatic heterocycles. The van der Waals surface area contributed by atoms with Gasteiger partial charge in [-0.2, -0.15) is 0 Å². The van der Waals surface area contributed by atoms with Gasteiger partial charge in [-0.05, 0) is 65.6 Å². The van der Waals surface area contributed by atoms with Crippen LogP contribution >= 0.6 is 27.3 Å². The van der Waals surface area contributed by atoms with E-state index in [1.807, 2.05) is 13.0 Å². The number of nitrogens with one attached hydrogen (secondary N) is 2. The molecule has 2 N–H and O–H groups in total. The lowest BCUT2D eigenvalue weighted by Crippen LogP contribution is -2.32. The summed E-state index contributed by atoms with van der Waals surface area (Å²) >= 11 is 5.14. The number of hydrogen-bond donors (Lipinski definition) is 2. The molecule has 26 heavy (non-hydrogen) atoms. The van der Waals surface area contributed by atoms with Crippen LogP contribution in [0.2, 0.25) is 0 Å². The first-order valence-corrected chi connectivity index (χ1v) is 10.3. The van der Waals surface area contributed by atoms with Gasteiger partial charge in [-0.1, -0.05) is 13.0 Å². The molecular formula is C19H22BrN3O2S. The molecule has 1 heterocycles. The number of rotatable bonds is 8. The minimum atomic E-state index is -0.0814. The zero-order valence-electron chi connectivity index (χ0n) is 14.6. The highest BCUT2D eigenvalue weighted by atomic mass is 79.9. The van der Waals surface area contributed by atoms with E-state index in [0.29, 0.717) is 23.8 Å². The molecule has 1 aliphatic carbocycles. The number of amides is 2. The third-order valence-corrected chi connectivity index (χ3v) is 5.75. The Labute approximate surface area is 165 Å². The molecule has 1 saturated carbocycles. The van der Waals surface area contributed by atoms with Crippen LogP contribution in [0.15, 0.2) is 40.2 Å². The Morgan fingerprint density at radius 1 is 1.27 bits per heavy atom. The maximum absolute atomic E-state index is 12.4. The lowest BCUT2D eigenvalue weighted by atomic mass is 10.2. The topological polar surface area (TPSA) is 61.4 Å². The second-order valence-electron chi connectivity index (χ2n) is 6.39. The summed E-state index contributed by atoms with van der Waals surface area (Å²) in [4.78, 5) is 27.8. The molecule has 1 aromatic heterocycles. The van der Waals surface area contributed by atoms with Crippen LogP contribution in [-0.4, -0.2) is 35.8 Å². The molecule has 5 nitrogen and oxygen atoms in total. The summed E-state index contributed by atoms with van der Waals surface area (Å²) in [6.07, 6.45) is 2.10. The fourth-order valence-corrected chi connectivity index (χ4v) is 4.10. The Balaban J connectivity index is 1.55. The van der Waals surface area contributed by atoms with Gasteiger partial charge >= 0.3 is 0 Å². The van der Waals surface area contributed by atoms with E-state index in [4.69, 9.17) is 0 Å². The average molecular weight is 436 g/mol. The highest BCUT2D eigenvalue weighted by molar-refractivity contribution is 9.11. The number of thiophene rings is 1. The van der Waals surface area contributed by atoms with Crippen molar-refractivity contribution in [2.24, 2.45) is 0 Å². The quantitative estimate of drug-likeness (QED) is 0.661. The van der Waals surface area contributed by atoms with E-state index in [1.165, 1.54) is 4.88 Å². The Bertz CT molecular complexity index is 789. The summed E-state index contributed by atoms with van der Waals surface area (Å²) in [5.74, 6) is -0.163. The van der Waals surface area contributed by atoms with E-state index in [2.05, 4.69) is 37.5 Å². The Hall–Kier alpha value is -1.70. The SMILES string of the molecule is CCN(CC(=O)Nc1cccc(C(=O)NC2CC2)c1)Cc1ccc(Br)s1. The van der Waals surface area contributed by atoms with Crippen LogP contribution in [0.1, 0.15) is 35.0 Å². The summed E-state index contributed by atoms with van der Waals surface area (Å²) in [6.45, 7) is 3.88. The van der Waals surface area contributed by atoms with Gasteiger partial charge < -0.3 is 10.6 Å². The maximum atomic E-state index is 12.4. The largest absolute Gasteiger partial charge is 0.349 e. The predicted octanol–water partition coefficient (Wildman–Crippen LogP) is 3.86. The van der Waals surface area contributed by atoms with Gasteiger partial charge in [0.05, 0.1) is 10.3 Å². The summed E-state index contributed by atoms with van der Waals surface area (Å²) in [7, 11) is 0. The molecule has 2 aromatic rings. The lowest BCUT2D eigenvalue weighted by Gasteiger charge is -2.19. The van der Waals surface area contributed by atoms with Crippen LogP contribution in [0, 0.1) is 0 Å². The molecule has 138 valence electrons. The number of nitrogens with zero attached hydrogens (tertiary/aromatic N) is 1. The van der Waals surface area contributed by atoms with Crippen molar-refractivity contribution < 1.29 is 9.59 Å². The van der Waals surface area contributed by atoms with Gasteiger partial charge in [0.2, 0.25) is 5.91 Å². The number of carbonyl (C=O) groups is 2. The van der Waals surface area contributed by atoms with E-state index < -0.39 is 0 Å². The monoisotopic (exact) mass is 435 g/mol. The Morgan fingerprint density at radius 3 is 2.73 bits per heavy atom. The van der Waals surface area contributed by atoms with Crippen LogP contribution < -0.4 is 10.6 Å². The van der Waals surface area contributed by atoms with Crippen molar-refractivity contribution in [1.29, 1.82) is 0 Å². The van der Waals surface area contributed by atoms with Crippen LogP contribution in [0.25, 0.3) is 0 Å². The second kappa shape index (κ2) is 8.79. The van der Waals surface area contributed by atoms with E-state index >= 15 is 0 Å². The summed E-state index contributed by atoms with van der Waals surface area (Å²) in [5, 5.41) is 5.85. The molecule has 7 heteroatoms. The number of halogens is 1. The summed E-state index contributed by atoms with van der Waals surface area (Å²) in [6, 6.07) is 11.5. The van der Waals surface area contributed by atoms with Gasteiger partial charge in [-0.15, -0.1) is 11.3 Å². The van der Waals surface area contributed by atoms with Crippen LogP contribution in [0.5, 0.6) is 0 Å². The van der Waals surface area contributed by atoms with Crippen LogP contribution in [0.3, 0.4) is 0 Å². The van der Waals surface area contributed by atoms with E-state index in [1.54, 1.807) is 35.6 Å². The molecule has 1 fully saturated rings. The number of benzene rings is 1. The molecule has 1 aromatic carbocycles. The first-order valence-electron chi connectivity index (χ1n) is 8.71. The molecule has 0 atom stereocenters. The van der Waals surface area contributed by atoms with Gasteiger partial charge in [0.1, 0.15) is 0 Å². The first-order chi connectivity index (χ1) is 12.5. The molecule has 0 unspecified atom stereocenters. The fraction of sp³-hybridized carbons (Fsp3) is 0.368. The highest BCUT2D eigenvalue weighted by Crippen LogP contribution is 2.23. The predicted molar refractivity (Wildman–Crippen MR) is 109 cm³/mol. The van der Waals surface area contributed by atoms with Gasteiger partial charge in [-0.25, -0.2) is 0 Å². The lowest BCUT2D eigenvalue weighted by molar-refractivity contribution is -0.117. The normalized spacial score (nSPS) is 13.7. The molecule has 0 radical (unpaired) electrons. The van der Waals surface area contributed by atoms with E-state index in [-0.39, 0.29) is 11.8 Å². The Kier molecular flexibility index (Phi) is 6.45. The number of likely N-dealkylation sites (N-methyl/N-ethyl adjacent to an activating group) is 1. The molecule has 0 saturated heterocycles. The Morgan fingerprint density at radius 2 is 2.08 bits per heavy atom. The van der Waals surface area contributed by atoms with E-state index in [0.717, 1.165) is 29.7 Å². The second-order valence-corrected chi connectivity index (χ2v) is 8.93. The van der Waals surface area contributed by atoms with Crippen molar-refractivity contribution in [1.82, 2.24) is 10.2 Å². The van der Waals surface area contributed by atoms with Crippen molar-refractivity contribution in [3.05, 3.63) is 50.6 Å². The van der Waals surface area contributed by atoms with Crippen molar-refractivity contribution in [3.63, 3.8) is 0 Å². The number of anilines is 1. The molecule has 0 bridgehead atoms. The van der Waals surface area contributed by atoms with Crippen LogP contribution in [-0.2, 0) is 11.3 Å². The third kappa shape index (κ3) is 5.65. The van der Waals surface area contributed by atoms with Gasteiger partial charge in [0.25, 0.3) is 5.91 Å². The van der Waals surface area contributed by atoms with Gasteiger partial charge in [-0.3, -0.25) is 14.5 Å². The molecule has 1 aliphatic rings. The van der Waals surface area contributed by atoms with Crippen molar-refractivity contribution >= 4 is 44.8 Å². The first kappa shape index (κ1) is 19.1. The molecular weight excluding hydrogens is 414 g/mol. The summed E-state index contributed by atoms with van der Waals surface area (Å²) < 4.78 is 1.09. The minimum Gasteiger partial charge on any atom is -0.349 e. The van der Waals surface area contributed by atoms with Crippen molar-refractivity contribution in [2.75, 3.05) is 18.4 Å².